The molecule has 7 nitrogen and oxygen atoms in total. The number of hydrogen-bond acceptors (Lipinski definition) is 4. The number of halogens is 1. The van der Waals surface area contributed by atoms with Gasteiger partial charge >= 0.3 is 0 Å². The van der Waals surface area contributed by atoms with Gasteiger partial charge in [0.05, 0.1) is 23.1 Å². The standard InChI is InChI=1S/C24H19ClN4O3/c1-15-27-21-12-9-18(28-22(30)14-26-23(31)16-5-3-2-4-6-16)13-20(21)24(32)29(15)19-10-7-17(25)8-11-19/h2-13H,14H2,1H3,(H,26,31)(H,28,30). The Morgan fingerprint density at radius 2 is 1.72 bits per heavy atom. The van der Waals surface area contributed by atoms with E-state index in [9.17, 15) is 14.4 Å². The Balaban J connectivity index is 1.55. The van der Waals surface area contributed by atoms with Crippen LogP contribution in [-0.4, -0.2) is 27.9 Å². The SMILES string of the molecule is Cc1nc2ccc(NC(=O)CNC(=O)c3ccccc3)cc2c(=O)n1-c1ccc(Cl)cc1. The maximum atomic E-state index is 13.2. The molecule has 0 bridgehead atoms. The first kappa shape index (κ1) is 21.3. The van der Waals surface area contributed by atoms with E-state index in [4.69, 9.17) is 11.6 Å². The summed E-state index contributed by atoms with van der Waals surface area (Å²) < 4.78 is 1.49. The zero-order valence-electron chi connectivity index (χ0n) is 17.1. The van der Waals surface area contributed by atoms with Crippen molar-refractivity contribution in [2.24, 2.45) is 0 Å². The molecule has 8 heteroatoms. The fourth-order valence-corrected chi connectivity index (χ4v) is 3.45. The summed E-state index contributed by atoms with van der Waals surface area (Å²) in [4.78, 5) is 42.1. The van der Waals surface area contributed by atoms with Gasteiger partial charge in [0.15, 0.2) is 0 Å². The number of anilines is 1. The fraction of sp³-hybridized carbons (Fsp3) is 0.0833. The predicted octanol–water partition coefficient (Wildman–Crippen LogP) is 3.72. The number of nitrogens with one attached hydrogen (secondary N) is 2. The van der Waals surface area contributed by atoms with E-state index in [0.29, 0.717) is 38.7 Å². The molecule has 0 aliphatic rings. The lowest BCUT2D eigenvalue weighted by atomic mass is 10.2. The molecule has 160 valence electrons. The van der Waals surface area contributed by atoms with Crippen molar-refractivity contribution in [1.29, 1.82) is 0 Å². The summed E-state index contributed by atoms with van der Waals surface area (Å²) in [6, 6.07) is 20.4. The maximum absolute atomic E-state index is 13.2. The summed E-state index contributed by atoms with van der Waals surface area (Å²) in [6.07, 6.45) is 0. The number of carbonyl (C=O) groups is 2. The van der Waals surface area contributed by atoms with Crippen molar-refractivity contribution in [2.75, 3.05) is 11.9 Å². The van der Waals surface area contributed by atoms with Gasteiger partial charge in [-0.25, -0.2) is 4.98 Å². The number of benzene rings is 3. The van der Waals surface area contributed by atoms with Crippen LogP contribution < -0.4 is 16.2 Å². The molecule has 4 aromatic rings. The molecule has 1 heterocycles. The van der Waals surface area contributed by atoms with Crippen molar-refractivity contribution >= 4 is 40.0 Å². The molecular weight excluding hydrogens is 428 g/mol. The molecule has 2 amide bonds. The molecule has 0 saturated carbocycles. The highest BCUT2D eigenvalue weighted by Gasteiger charge is 2.12. The molecule has 0 spiro atoms. The Kier molecular flexibility index (Phi) is 6.00. The van der Waals surface area contributed by atoms with Gasteiger partial charge in [0.25, 0.3) is 11.5 Å². The van der Waals surface area contributed by atoms with Crippen LogP contribution in [0.25, 0.3) is 16.6 Å². The Labute approximate surface area is 188 Å². The van der Waals surface area contributed by atoms with Gasteiger partial charge in [0.2, 0.25) is 5.91 Å². The Morgan fingerprint density at radius 3 is 2.44 bits per heavy atom. The van der Waals surface area contributed by atoms with Gasteiger partial charge in [-0.3, -0.25) is 19.0 Å². The lowest BCUT2D eigenvalue weighted by Crippen LogP contribution is -2.32. The van der Waals surface area contributed by atoms with Crippen molar-refractivity contribution < 1.29 is 9.59 Å². The molecule has 0 fully saturated rings. The van der Waals surface area contributed by atoms with Crippen LogP contribution in [0.5, 0.6) is 0 Å². The lowest BCUT2D eigenvalue weighted by Gasteiger charge is -2.12. The van der Waals surface area contributed by atoms with Gasteiger partial charge in [0.1, 0.15) is 5.82 Å². The zero-order chi connectivity index (χ0) is 22.7. The molecule has 32 heavy (non-hydrogen) atoms. The lowest BCUT2D eigenvalue weighted by molar-refractivity contribution is -0.115. The number of nitrogens with zero attached hydrogens (tertiary/aromatic N) is 2. The van der Waals surface area contributed by atoms with Crippen LogP contribution in [0.4, 0.5) is 5.69 Å². The Bertz CT molecular complexity index is 1370. The molecule has 3 aromatic carbocycles. The van der Waals surface area contributed by atoms with Crippen LogP contribution in [0.3, 0.4) is 0 Å². The van der Waals surface area contributed by atoms with Gasteiger partial charge in [0, 0.05) is 16.3 Å². The summed E-state index contributed by atoms with van der Waals surface area (Å²) >= 11 is 5.95. The van der Waals surface area contributed by atoms with Crippen LogP contribution in [-0.2, 0) is 4.79 Å². The molecule has 0 aliphatic heterocycles. The molecule has 0 radical (unpaired) electrons. The van der Waals surface area contributed by atoms with Gasteiger partial charge in [-0.1, -0.05) is 29.8 Å². The number of aryl methyl sites for hydroxylation is 1. The summed E-state index contributed by atoms with van der Waals surface area (Å²) in [5.41, 5.74) is 1.80. The second-order valence-corrected chi connectivity index (χ2v) is 7.54. The molecule has 1 aromatic heterocycles. The minimum Gasteiger partial charge on any atom is -0.343 e. The van der Waals surface area contributed by atoms with Crippen molar-refractivity contribution in [1.82, 2.24) is 14.9 Å². The van der Waals surface area contributed by atoms with Crippen molar-refractivity contribution in [3.05, 3.63) is 99.6 Å². The Morgan fingerprint density at radius 1 is 1.00 bits per heavy atom. The van der Waals surface area contributed by atoms with E-state index in [1.54, 1.807) is 79.7 Å². The van der Waals surface area contributed by atoms with E-state index in [2.05, 4.69) is 15.6 Å². The first-order chi connectivity index (χ1) is 15.4. The van der Waals surface area contributed by atoms with E-state index < -0.39 is 5.91 Å². The average molecular weight is 447 g/mol. The highest BCUT2D eigenvalue weighted by Crippen LogP contribution is 2.18. The highest BCUT2D eigenvalue weighted by molar-refractivity contribution is 6.30. The first-order valence-electron chi connectivity index (χ1n) is 9.85. The molecule has 0 atom stereocenters. The van der Waals surface area contributed by atoms with E-state index in [-0.39, 0.29) is 18.0 Å². The molecule has 0 aliphatic carbocycles. The van der Waals surface area contributed by atoms with Crippen molar-refractivity contribution in [2.45, 2.75) is 6.92 Å². The fourth-order valence-electron chi connectivity index (χ4n) is 3.33. The third-order valence-corrected chi connectivity index (χ3v) is 5.10. The topological polar surface area (TPSA) is 93.1 Å². The summed E-state index contributed by atoms with van der Waals surface area (Å²) in [5.74, 6) is -0.221. The van der Waals surface area contributed by atoms with E-state index in [1.165, 1.54) is 4.57 Å². The number of rotatable bonds is 5. The van der Waals surface area contributed by atoms with Crippen LogP contribution in [0.2, 0.25) is 5.02 Å². The van der Waals surface area contributed by atoms with Crippen LogP contribution in [0, 0.1) is 6.92 Å². The van der Waals surface area contributed by atoms with E-state index in [0.717, 1.165) is 0 Å². The van der Waals surface area contributed by atoms with E-state index >= 15 is 0 Å². The number of hydrogen-bond donors (Lipinski definition) is 2. The molecular formula is C24H19ClN4O3. The van der Waals surface area contributed by atoms with Crippen LogP contribution in [0.15, 0.2) is 77.6 Å². The molecule has 2 N–H and O–H groups in total. The van der Waals surface area contributed by atoms with Gasteiger partial charge in [-0.15, -0.1) is 0 Å². The van der Waals surface area contributed by atoms with E-state index in [1.807, 2.05) is 0 Å². The molecule has 0 saturated heterocycles. The monoisotopic (exact) mass is 446 g/mol. The molecule has 4 rings (SSSR count). The minimum atomic E-state index is -0.410. The minimum absolute atomic E-state index is 0.201. The first-order valence-corrected chi connectivity index (χ1v) is 10.2. The number of fused-ring (bicyclic) bond motifs is 1. The second-order valence-electron chi connectivity index (χ2n) is 7.10. The summed E-state index contributed by atoms with van der Waals surface area (Å²) in [7, 11) is 0. The third-order valence-electron chi connectivity index (χ3n) is 4.85. The Hall–Kier alpha value is -3.97. The van der Waals surface area contributed by atoms with Gasteiger partial charge in [-0.05, 0) is 61.5 Å². The smallest absolute Gasteiger partial charge is 0.266 e. The quantitative estimate of drug-likeness (QED) is 0.488. The largest absolute Gasteiger partial charge is 0.343 e. The number of aromatic nitrogens is 2. The normalized spacial score (nSPS) is 10.7. The third kappa shape index (κ3) is 4.53. The summed E-state index contributed by atoms with van der Waals surface area (Å²) in [5, 5.41) is 6.20. The average Bonchev–Trinajstić information content (AvgIpc) is 2.80. The van der Waals surface area contributed by atoms with Gasteiger partial charge in [-0.2, -0.15) is 0 Å². The van der Waals surface area contributed by atoms with Crippen LogP contribution >= 0.6 is 11.6 Å². The maximum Gasteiger partial charge on any atom is 0.266 e. The zero-order valence-corrected chi connectivity index (χ0v) is 17.9. The predicted molar refractivity (Wildman–Crippen MR) is 124 cm³/mol. The van der Waals surface area contributed by atoms with Crippen LogP contribution in [0.1, 0.15) is 16.2 Å². The number of carbonyl (C=O) groups excluding carboxylic acids is 2. The molecule has 0 unspecified atom stereocenters. The van der Waals surface area contributed by atoms with Crippen molar-refractivity contribution in [3.63, 3.8) is 0 Å². The second kappa shape index (κ2) is 9.03. The summed E-state index contributed by atoms with van der Waals surface area (Å²) in [6.45, 7) is 1.55. The highest BCUT2D eigenvalue weighted by atomic mass is 35.5. The van der Waals surface area contributed by atoms with Gasteiger partial charge < -0.3 is 10.6 Å². The number of amides is 2. The van der Waals surface area contributed by atoms with Crippen molar-refractivity contribution in [3.8, 4) is 5.69 Å².